The molecule has 3 aliphatic rings. The number of aliphatic hydroxyl groups is 11. The molecule has 448 valence electrons. The minimum absolute atomic E-state index is 0.144. The van der Waals surface area contributed by atoms with Crippen LogP contribution in [0.25, 0.3) is 0 Å². The molecule has 19 heteroatoms. The number of amides is 1. The molecule has 0 aromatic heterocycles. The Morgan fingerprint density at radius 2 is 0.870 bits per heavy atom. The third kappa shape index (κ3) is 26.0. The van der Waals surface area contributed by atoms with Gasteiger partial charge >= 0.3 is 0 Å². The predicted octanol–water partition coefficient (Wildman–Crippen LogP) is 4.70. The fourth-order valence-electron chi connectivity index (χ4n) is 9.85. The molecule has 17 unspecified atom stereocenters. The van der Waals surface area contributed by atoms with Gasteiger partial charge < -0.3 is 89.9 Å². The van der Waals surface area contributed by atoms with Crippen LogP contribution in [-0.4, -0.2) is 193 Å². The summed E-state index contributed by atoms with van der Waals surface area (Å²) >= 11 is 0. The molecule has 0 saturated carbocycles. The summed E-state index contributed by atoms with van der Waals surface area (Å²) < 4.78 is 34.2. The number of carbonyl (C=O) groups is 1. The van der Waals surface area contributed by atoms with Crippen molar-refractivity contribution in [2.75, 3.05) is 26.4 Å². The van der Waals surface area contributed by atoms with Gasteiger partial charge in [0, 0.05) is 6.42 Å². The smallest absolute Gasteiger partial charge is 0.220 e. The molecule has 19 nitrogen and oxygen atoms in total. The van der Waals surface area contributed by atoms with Crippen LogP contribution in [-0.2, 0) is 33.2 Å². The summed E-state index contributed by atoms with van der Waals surface area (Å²) in [4.78, 5) is 13.3. The third-order valence-corrected chi connectivity index (χ3v) is 14.7. The van der Waals surface area contributed by atoms with Gasteiger partial charge in [0.25, 0.3) is 0 Å². The second-order valence-corrected chi connectivity index (χ2v) is 21.1. The highest BCUT2D eigenvalue weighted by Crippen LogP contribution is 2.33. The molecule has 0 aromatic carbocycles. The number of ether oxygens (including phenoxy) is 6. The third-order valence-electron chi connectivity index (χ3n) is 14.7. The van der Waals surface area contributed by atoms with Gasteiger partial charge in [-0.1, -0.05) is 184 Å². The first-order chi connectivity index (χ1) is 37.3. The van der Waals surface area contributed by atoms with Gasteiger partial charge in [-0.15, -0.1) is 0 Å². The van der Waals surface area contributed by atoms with E-state index in [-0.39, 0.29) is 18.9 Å². The molecule has 0 aliphatic carbocycles. The summed E-state index contributed by atoms with van der Waals surface area (Å²) in [6, 6.07) is -0.925. The van der Waals surface area contributed by atoms with E-state index in [0.717, 1.165) is 44.9 Å². The Labute approximate surface area is 459 Å². The van der Waals surface area contributed by atoms with Crippen LogP contribution in [0.5, 0.6) is 0 Å². The van der Waals surface area contributed by atoms with E-state index in [4.69, 9.17) is 28.4 Å². The average Bonchev–Trinajstić information content (AvgIpc) is 3.43. The van der Waals surface area contributed by atoms with Gasteiger partial charge in [0.05, 0.1) is 38.6 Å². The molecule has 12 N–H and O–H groups in total. The number of carbonyl (C=O) groups excluding carboxylic acids is 1. The number of unbranched alkanes of at least 4 members (excludes halogenated alkanes) is 18. The minimum atomic E-state index is -1.98. The first-order valence-corrected chi connectivity index (χ1v) is 29.4. The van der Waals surface area contributed by atoms with Crippen molar-refractivity contribution in [1.29, 1.82) is 0 Å². The van der Waals surface area contributed by atoms with Crippen LogP contribution in [0, 0.1) is 0 Å². The molecular formula is C58H103NO18. The van der Waals surface area contributed by atoms with Crippen molar-refractivity contribution in [3.8, 4) is 0 Å². The van der Waals surface area contributed by atoms with Gasteiger partial charge in [-0.2, -0.15) is 0 Å². The highest BCUT2D eigenvalue weighted by Gasteiger charge is 2.53. The lowest BCUT2D eigenvalue weighted by Crippen LogP contribution is -2.66. The molecule has 3 rings (SSSR count). The average molecular weight is 1100 g/mol. The van der Waals surface area contributed by atoms with Crippen molar-refractivity contribution >= 4 is 5.91 Å². The standard InChI is InChI=1S/C58H103NO18/c1-3-5-7-9-11-13-15-17-18-19-20-21-22-24-25-27-29-31-33-35-42(63)41(59-46(64)36-34-32-30-28-26-23-16-14-12-10-8-6-4-2)40-72-56-52(70)49(67)54(44(38-61)74-56)77-58-53(71)50(68)55(45(39-62)75-58)76-57-51(69)48(66)47(65)43(37-60)73-57/h6,8,12,14,23,26,30,32,41-45,47-58,60-63,65-71H,3-5,7,9-11,13,15-22,24-25,27-29,31,33-40H2,1-2H3,(H,59,64)/b8-6-,14-12-,26-23-,32-30-. The van der Waals surface area contributed by atoms with Gasteiger partial charge in [-0.25, -0.2) is 0 Å². The first kappa shape index (κ1) is 69.0. The van der Waals surface area contributed by atoms with E-state index in [1.165, 1.54) is 96.3 Å². The lowest BCUT2D eigenvalue weighted by atomic mass is 9.96. The number of allylic oxidation sites excluding steroid dienone is 8. The molecule has 3 aliphatic heterocycles. The summed E-state index contributed by atoms with van der Waals surface area (Å²) in [6.45, 7) is 1.61. The number of aliphatic hydroxyl groups excluding tert-OH is 11. The van der Waals surface area contributed by atoms with Gasteiger partial charge in [-0.3, -0.25) is 4.79 Å². The van der Waals surface area contributed by atoms with Crippen molar-refractivity contribution in [1.82, 2.24) is 5.32 Å². The quantitative estimate of drug-likeness (QED) is 0.0291. The predicted molar refractivity (Wildman–Crippen MR) is 291 cm³/mol. The minimum Gasteiger partial charge on any atom is -0.394 e. The fourth-order valence-corrected chi connectivity index (χ4v) is 9.85. The van der Waals surface area contributed by atoms with Crippen molar-refractivity contribution in [2.24, 2.45) is 0 Å². The largest absolute Gasteiger partial charge is 0.394 e. The lowest BCUT2D eigenvalue weighted by Gasteiger charge is -2.48. The molecule has 3 saturated heterocycles. The summed E-state index contributed by atoms with van der Waals surface area (Å²) in [6.07, 6.45) is 17.9. The number of nitrogens with one attached hydrogen (secondary N) is 1. The number of rotatable bonds is 42. The van der Waals surface area contributed by atoms with Crippen LogP contribution >= 0.6 is 0 Å². The van der Waals surface area contributed by atoms with Gasteiger partial charge in [0.1, 0.15) is 73.2 Å². The van der Waals surface area contributed by atoms with Crippen LogP contribution in [0.2, 0.25) is 0 Å². The molecule has 0 bridgehead atoms. The maximum absolute atomic E-state index is 13.3. The molecule has 77 heavy (non-hydrogen) atoms. The molecule has 0 radical (unpaired) electrons. The highest BCUT2D eigenvalue weighted by molar-refractivity contribution is 5.76. The highest BCUT2D eigenvalue weighted by atomic mass is 16.8. The van der Waals surface area contributed by atoms with E-state index in [1.807, 2.05) is 12.2 Å². The Balaban J connectivity index is 1.51. The van der Waals surface area contributed by atoms with E-state index < -0.39 is 124 Å². The SMILES string of the molecule is CC/C=C\C/C=C\C/C=C\C/C=C\CCC(=O)NC(COC1OC(CO)C(OC2OC(CO)C(OC3OC(CO)C(O)C(O)C3O)C(O)C2O)C(O)C1O)C(O)CCCCCCCCCCCCCCCCCCCCC. The maximum atomic E-state index is 13.3. The van der Waals surface area contributed by atoms with E-state index in [9.17, 15) is 61.0 Å². The van der Waals surface area contributed by atoms with Crippen LogP contribution in [0.15, 0.2) is 48.6 Å². The topological polar surface area (TPSA) is 307 Å². The molecular weight excluding hydrogens is 999 g/mol. The van der Waals surface area contributed by atoms with E-state index in [0.29, 0.717) is 19.3 Å². The summed E-state index contributed by atoms with van der Waals surface area (Å²) in [7, 11) is 0. The first-order valence-electron chi connectivity index (χ1n) is 29.4. The van der Waals surface area contributed by atoms with E-state index in [1.54, 1.807) is 0 Å². The maximum Gasteiger partial charge on any atom is 0.220 e. The second kappa shape index (κ2) is 41.7. The summed E-state index contributed by atoms with van der Waals surface area (Å²) in [5, 5.41) is 120. The normalized spacial score (nSPS) is 31.1. The van der Waals surface area contributed by atoms with E-state index >= 15 is 0 Å². The monoisotopic (exact) mass is 1100 g/mol. The Morgan fingerprint density at radius 3 is 1.32 bits per heavy atom. The molecule has 3 heterocycles. The molecule has 1 amide bonds. The molecule has 17 atom stereocenters. The van der Waals surface area contributed by atoms with E-state index in [2.05, 4.69) is 55.6 Å². The zero-order valence-corrected chi connectivity index (χ0v) is 46.4. The van der Waals surface area contributed by atoms with Crippen LogP contribution in [0.1, 0.15) is 181 Å². The van der Waals surface area contributed by atoms with Crippen molar-refractivity contribution in [2.45, 2.75) is 285 Å². The van der Waals surface area contributed by atoms with Crippen molar-refractivity contribution in [3.63, 3.8) is 0 Å². The fraction of sp³-hybridized carbons (Fsp3) is 0.845. The van der Waals surface area contributed by atoms with Crippen LogP contribution < -0.4 is 5.32 Å². The van der Waals surface area contributed by atoms with Crippen LogP contribution in [0.4, 0.5) is 0 Å². The molecule has 3 fully saturated rings. The zero-order valence-electron chi connectivity index (χ0n) is 46.4. The van der Waals surface area contributed by atoms with Crippen molar-refractivity contribution < 1.29 is 89.4 Å². The van der Waals surface area contributed by atoms with Crippen molar-refractivity contribution in [3.05, 3.63) is 48.6 Å². The van der Waals surface area contributed by atoms with Gasteiger partial charge in [0.2, 0.25) is 5.91 Å². The Kier molecular flexibility index (Phi) is 37.4. The Morgan fingerprint density at radius 1 is 0.481 bits per heavy atom. The number of hydrogen-bond donors (Lipinski definition) is 12. The van der Waals surface area contributed by atoms with Crippen LogP contribution in [0.3, 0.4) is 0 Å². The van der Waals surface area contributed by atoms with Gasteiger partial charge in [-0.05, 0) is 38.5 Å². The summed E-state index contributed by atoms with van der Waals surface area (Å²) in [5.41, 5.74) is 0. The Bertz CT molecular complexity index is 1600. The second-order valence-electron chi connectivity index (χ2n) is 21.1. The zero-order chi connectivity index (χ0) is 56.2. The summed E-state index contributed by atoms with van der Waals surface area (Å²) in [5.74, 6) is -0.324. The Hall–Kier alpha value is -2.25. The van der Waals surface area contributed by atoms with Gasteiger partial charge in [0.15, 0.2) is 18.9 Å². The molecule has 0 aromatic rings. The number of hydrogen-bond acceptors (Lipinski definition) is 18. The molecule has 0 spiro atoms. The lowest BCUT2D eigenvalue weighted by molar-refractivity contribution is -0.379.